The maximum atomic E-state index is 11.1. The Morgan fingerprint density at radius 1 is 0.232 bits per heavy atom. The van der Waals surface area contributed by atoms with Gasteiger partial charge in [-0.1, -0.05) is 267 Å². The van der Waals surface area contributed by atoms with Crippen LogP contribution in [0.3, 0.4) is 0 Å². The van der Waals surface area contributed by atoms with Gasteiger partial charge < -0.3 is 9.13 Å². The van der Waals surface area contributed by atoms with Gasteiger partial charge in [0, 0.05) is 55.2 Å². The lowest BCUT2D eigenvalue weighted by atomic mass is 9.92. The molecule has 6 nitrogen and oxygen atoms in total. The Balaban J connectivity index is 0.999. The van der Waals surface area contributed by atoms with Gasteiger partial charge in [-0.2, -0.15) is 10.5 Å². The summed E-state index contributed by atoms with van der Waals surface area (Å²) >= 11 is 0. The minimum Gasteiger partial charge on any atom is -0.308 e. The lowest BCUT2D eigenvalue weighted by Crippen LogP contribution is -2.00. The molecule has 0 aliphatic rings. The number of aromatic nitrogens is 4. The van der Waals surface area contributed by atoms with E-state index in [-0.39, 0.29) is 0 Å². The number of fused-ring (bicyclic) bond motifs is 2. The minimum atomic E-state index is 0.363. The third kappa shape index (κ3) is 8.44. The molecule has 14 aromatic rings. The monoisotopic (exact) mass is 1040 g/mol. The number of nitriles is 2. The van der Waals surface area contributed by atoms with E-state index >= 15 is 0 Å². The lowest BCUT2D eigenvalue weighted by molar-refractivity contribution is 1.10. The summed E-state index contributed by atoms with van der Waals surface area (Å²) in [5.41, 5.74) is 19.4. The van der Waals surface area contributed by atoms with Gasteiger partial charge in [-0.05, 0) is 68.8 Å². The Kier molecular flexibility index (Phi) is 12.6. The molecule has 10 aromatic carbocycles. The second kappa shape index (κ2) is 21.1. The molecule has 0 amide bonds. The van der Waals surface area contributed by atoms with E-state index in [0.29, 0.717) is 11.4 Å². The van der Waals surface area contributed by atoms with Gasteiger partial charge in [-0.25, -0.2) is 9.97 Å². The predicted octanol–water partition coefficient (Wildman–Crippen LogP) is 19.1. The summed E-state index contributed by atoms with van der Waals surface area (Å²) in [7, 11) is 0. The Morgan fingerprint density at radius 2 is 0.463 bits per heavy atom. The molecule has 4 aromatic heterocycles. The van der Waals surface area contributed by atoms with Gasteiger partial charge >= 0.3 is 0 Å². The van der Waals surface area contributed by atoms with E-state index in [1.54, 1.807) is 0 Å². The van der Waals surface area contributed by atoms with Crippen molar-refractivity contribution < 1.29 is 0 Å². The fraction of sp³-hybridized carbons (Fsp3) is 0. The largest absolute Gasteiger partial charge is 0.308 e. The molecule has 4 heterocycles. The van der Waals surface area contributed by atoms with Gasteiger partial charge in [0.25, 0.3) is 0 Å². The van der Waals surface area contributed by atoms with Gasteiger partial charge in [-0.15, -0.1) is 0 Å². The maximum Gasteiger partial charge on any atom is 0.149 e. The molecular weight excluding hydrogens is 997 g/mol. The van der Waals surface area contributed by atoms with Crippen molar-refractivity contribution in [2.45, 2.75) is 0 Å². The fourth-order valence-electron chi connectivity index (χ4n) is 11.9. The molecule has 0 bridgehead atoms. The van der Waals surface area contributed by atoms with Crippen LogP contribution in [-0.4, -0.2) is 19.1 Å². The van der Waals surface area contributed by atoms with Crippen molar-refractivity contribution in [2.24, 2.45) is 0 Å². The summed E-state index contributed by atoms with van der Waals surface area (Å²) < 4.78 is 4.74. The molecule has 0 aliphatic carbocycles. The van der Waals surface area contributed by atoms with Gasteiger partial charge in [0.05, 0.1) is 34.2 Å². The van der Waals surface area contributed by atoms with Crippen LogP contribution < -0.4 is 0 Å². The number of rotatable bonds is 11. The quantitative estimate of drug-likeness (QED) is 0.129. The predicted molar refractivity (Wildman–Crippen MR) is 334 cm³/mol. The highest BCUT2D eigenvalue weighted by Crippen LogP contribution is 2.52. The normalized spacial score (nSPS) is 11.1. The highest BCUT2D eigenvalue weighted by Gasteiger charge is 2.32. The zero-order valence-corrected chi connectivity index (χ0v) is 44.4. The van der Waals surface area contributed by atoms with Crippen LogP contribution in [0.1, 0.15) is 11.4 Å². The number of pyridine rings is 2. The second-order valence-electron chi connectivity index (χ2n) is 20.2. The number of benzene rings is 10. The van der Waals surface area contributed by atoms with Crippen LogP contribution in [0.25, 0.3) is 134 Å². The van der Waals surface area contributed by atoms with Crippen LogP contribution in [0.2, 0.25) is 0 Å². The highest BCUT2D eigenvalue weighted by molar-refractivity contribution is 6.20. The Morgan fingerprint density at radius 3 is 0.720 bits per heavy atom. The molecule has 382 valence electrons. The average molecular weight is 1050 g/mol. The molecule has 0 atom stereocenters. The molecule has 6 heteroatoms. The number of hydrogen-bond donors (Lipinski definition) is 0. The van der Waals surface area contributed by atoms with Gasteiger partial charge in [0.15, 0.2) is 0 Å². The van der Waals surface area contributed by atoms with Crippen molar-refractivity contribution in [3.05, 3.63) is 303 Å². The summed E-state index contributed by atoms with van der Waals surface area (Å²) in [6.45, 7) is 0. The van der Waals surface area contributed by atoms with Crippen molar-refractivity contribution in [1.29, 1.82) is 10.5 Å². The second-order valence-corrected chi connectivity index (χ2v) is 20.2. The SMILES string of the molecule is N#Cc1nc(-c2ccccc2)c2c(-c3ccccc3)n(-c3ccc(-c4ccc(-n5c(-c6ccccc6)c6c(-c7ccccc7)nc(C#N)c(-c7ccccc7)c6c5-c5ccccc5)cc4)cc3)c(-c3ccccc3)c2c1-c1ccccc1. The first-order valence-corrected chi connectivity index (χ1v) is 27.4. The van der Waals surface area contributed by atoms with Crippen LogP contribution in [-0.2, 0) is 0 Å². The summed E-state index contributed by atoms with van der Waals surface area (Å²) in [6, 6.07) is 106. The minimum absolute atomic E-state index is 0.363. The van der Waals surface area contributed by atoms with E-state index in [2.05, 4.69) is 215 Å². The molecule has 0 N–H and O–H groups in total. The molecule has 0 saturated carbocycles. The third-order valence-corrected chi connectivity index (χ3v) is 15.4. The average Bonchev–Trinajstić information content (AvgIpc) is 2.96. The zero-order valence-electron chi connectivity index (χ0n) is 44.4. The Labute approximate surface area is 475 Å². The molecule has 82 heavy (non-hydrogen) atoms. The van der Waals surface area contributed by atoms with Crippen molar-refractivity contribution in [1.82, 2.24) is 19.1 Å². The standard InChI is InChI=1S/C76H48N6/c77-49-63-65(53-25-9-1-10-26-53)67-69(71(79-63)55-29-13-3-14-30-55)75(59-37-21-7-22-38-59)81(73(67)57-33-17-5-18-34-57)61-45-41-51(42-46-61)52-43-47-62(48-44-52)82-74(58-35-19-6-20-36-58)68-66(54-27-11-2-12-28-54)64(50-78)80-72(56-31-15-4-16-32-56)70(68)76(82)60-39-23-8-24-40-60/h1-48H. The fourth-order valence-corrected chi connectivity index (χ4v) is 11.9. The van der Waals surface area contributed by atoms with Crippen LogP contribution in [0.15, 0.2) is 291 Å². The Hall–Kier alpha value is -11.4. The Bertz CT molecular complexity index is 4410. The van der Waals surface area contributed by atoms with E-state index in [1.165, 1.54) is 0 Å². The van der Waals surface area contributed by atoms with E-state index in [4.69, 9.17) is 9.97 Å². The van der Waals surface area contributed by atoms with E-state index < -0.39 is 0 Å². The lowest BCUT2D eigenvalue weighted by Gasteiger charge is -2.17. The maximum absolute atomic E-state index is 11.1. The topological polar surface area (TPSA) is 83.2 Å². The first-order valence-electron chi connectivity index (χ1n) is 27.4. The molecular formula is C76H48N6. The van der Waals surface area contributed by atoms with Crippen LogP contribution in [0.5, 0.6) is 0 Å². The smallest absolute Gasteiger partial charge is 0.149 e. The van der Waals surface area contributed by atoms with E-state index in [1.807, 2.05) is 97.1 Å². The first kappa shape index (κ1) is 48.9. The molecule has 0 unspecified atom stereocenters. The van der Waals surface area contributed by atoms with E-state index in [9.17, 15) is 10.5 Å². The van der Waals surface area contributed by atoms with Crippen molar-refractivity contribution in [3.8, 4) is 124 Å². The van der Waals surface area contributed by atoms with Crippen LogP contribution >= 0.6 is 0 Å². The molecule has 0 fully saturated rings. The van der Waals surface area contributed by atoms with Gasteiger partial charge in [-0.3, -0.25) is 0 Å². The molecule has 0 aliphatic heterocycles. The summed E-state index contributed by atoms with van der Waals surface area (Å²) in [5, 5.41) is 26.0. The number of hydrogen-bond acceptors (Lipinski definition) is 4. The highest BCUT2D eigenvalue weighted by atomic mass is 15.0. The van der Waals surface area contributed by atoms with Gasteiger partial charge in [0.2, 0.25) is 0 Å². The summed E-state index contributed by atoms with van der Waals surface area (Å²) in [4.78, 5) is 10.6. The molecule has 0 radical (unpaired) electrons. The first-order chi connectivity index (χ1) is 40.7. The third-order valence-electron chi connectivity index (χ3n) is 15.4. The van der Waals surface area contributed by atoms with Crippen molar-refractivity contribution in [3.63, 3.8) is 0 Å². The zero-order chi connectivity index (χ0) is 54.9. The van der Waals surface area contributed by atoms with Crippen molar-refractivity contribution >= 4 is 21.5 Å². The summed E-state index contributed by atoms with van der Waals surface area (Å²) in [5.74, 6) is 0. The number of nitrogens with zero attached hydrogens (tertiary/aromatic N) is 6. The molecule has 14 rings (SSSR count). The molecule has 0 saturated heterocycles. The van der Waals surface area contributed by atoms with Gasteiger partial charge in [0.1, 0.15) is 23.5 Å². The van der Waals surface area contributed by atoms with Crippen LogP contribution in [0.4, 0.5) is 0 Å². The molecule has 0 spiro atoms. The van der Waals surface area contributed by atoms with Crippen molar-refractivity contribution in [2.75, 3.05) is 0 Å². The van der Waals surface area contributed by atoms with Crippen LogP contribution in [0, 0.1) is 22.7 Å². The van der Waals surface area contributed by atoms with E-state index in [0.717, 1.165) is 134 Å². The summed E-state index contributed by atoms with van der Waals surface area (Å²) in [6.07, 6.45) is 0.